The van der Waals surface area contributed by atoms with Crippen LogP contribution in [0.1, 0.15) is 12.5 Å². The highest BCUT2D eigenvalue weighted by Crippen LogP contribution is 2.46. The summed E-state index contributed by atoms with van der Waals surface area (Å²) >= 11 is 10.9. The van der Waals surface area contributed by atoms with Crippen LogP contribution in [-0.4, -0.2) is 34.8 Å². The van der Waals surface area contributed by atoms with E-state index in [4.69, 9.17) is 23.8 Å². The van der Waals surface area contributed by atoms with E-state index in [-0.39, 0.29) is 5.11 Å². The third-order valence-electron chi connectivity index (χ3n) is 4.02. The van der Waals surface area contributed by atoms with E-state index >= 15 is 0 Å². The topological polar surface area (TPSA) is 65.5 Å². The normalized spacial score (nSPS) is 12.8. The van der Waals surface area contributed by atoms with Gasteiger partial charge in [0.05, 0.1) is 5.71 Å². The Balaban J connectivity index is 2.01. The predicted molar refractivity (Wildman–Crippen MR) is 114 cm³/mol. The molecule has 0 radical (unpaired) electrons. The molecule has 178 valence electrons. The van der Waals surface area contributed by atoms with Crippen LogP contribution >= 0.6 is 23.8 Å². The molecule has 0 heterocycles. The van der Waals surface area contributed by atoms with Gasteiger partial charge in [0.1, 0.15) is 0 Å². The van der Waals surface area contributed by atoms with Crippen molar-refractivity contribution in [2.75, 3.05) is 10.6 Å². The number of alkyl halides is 7. The van der Waals surface area contributed by atoms with Crippen LogP contribution in [0.4, 0.5) is 42.1 Å². The van der Waals surface area contributed by atoms with Gasteiger partial charge in [-0.2, -0.15) is 35.8 Å². The van der Waals surface area contributed by atoms with Gasteiger partial charge in [0.15, 0.2) is 5.11 Å². The summed E-state index contributed by atoms with van der Waals surface area (Å²) in [7, 11) is 0. The van der Waals surface area contributed by atoms with Crippen molar-refractivity contribution < 1.29 is 35.5 Å². The molecule has 2 aromatic carbocycles. The van der Waals surface area contributed by atoms with Crippen LogP contribution in [0.3, 0.4) is 0 Å². The summed E-state index contributed by atoms with van der Waals surface area (Å²) in [5.74, 6) is -15.4. The highest BCUT2D eigenvalue weighted by molar-refractivity contribution is 7.80. The SMILES string of the molecule is C/C(=N/NC(=S)Nc1ccc(Cl)cc1)c1ccc(NC(=O)C(F)(F)C(F)(F)C(F)(F)F)cc1. The summed E-state index contributed by atoms with van der Waals surface area (Å²) in [6, 6.07) is 11.2. The van der Waals surface area contributed by atoms with Gasteiger partial charge in [-0.25, -0.2) is 0 Å². The maximum absolute atomic E-state index is 13.4. The molecular weight excluding hydrogens is 501 g/mol. The van der Waals surface area contributed by atoms with E-state index in [1.54, 1.807) is 31.2 Å². The van der Waals surface area contributed by atoms with E-state index in [9.17, 15) is 35.5 Å². The van der Waals surface area contributed by atoms with Gasteiger partial charge in [-0.15, -0.1) is 0 Å². The highest BCUT2D eigenvalue weighted by Gasteiger charge is 2.76. The van der Waals surface area contributed by atoms with Crippen LogP contribution in [0.25, 0.3) is 0 Å². The Labute approximate surface area is 193 Å². The molecule has 14 heteroatoms. The summed E-state index contributed by atoms with van der Waals surface area (Å²) in [6.45, 7) is 1.55. The molecule has 0 saturated heterocycles. The van der Waals surface area contributed by atoms with E-state index in [1.807, 2.05) is 0 Å². The minimum Gasteiger partial charge on any atom is -0.331 e. The zero-order valence-corrected chi connectivity index (χ0v) is 18.0. The molecule has 5 nitrogen and oxygen atoms in total. The first kappa shape index (κ1) is 26.3. The molecule has 0 saturated carbocycles. The number of benzene rings is 2. The van der Waals surface area contributed by atoms with Gasteiger partial charge in [-0.05, 0) is 61.1 Å². The molecule has 0 aliphatic heterocycles. The standard InChI is InChI=1S/C19H14ClF7N4OS/c1-10(30-31-16(33)29-14-8-4-12(20)5-9-14)11-2-6-13(7-3-11)28-15(32)17(21,22)18(23,24)19(25,26)27/h2-9H,1H3,(H,28,32)(H2,29,31,33)/b30-10-. The zero-order chi connectivity index (χ0) is 25.0. The molecule has 0 aliphatic rings. The van der Waals surface area contributed by atoms with Gasteiger partial charge in [-0.3, -0.25) is 10.2 Å². The van der Waals surface area contributed by atoms with E-state index < -0.39 is 29.6 Å². The number of carbonyl (C=O) groups excluding carboxylic acids is 1. The van der Waals surface area contributed by atoms with Gasteiger partial charge >= 0.3 is 23.9 Å². The van der Waals surface area contributed by atoms with Crippen molar-refractivity contribution in [3.8, 4) is 0 Å². The fourth-order valence-corrected chi connectivity index (χ4v) is 2.51. The van der Waals surface area contributed by atoms with Gasteiger partial charge in [0.25, 0.3) is 0 Å². The first-order valence-corrected chi connectivity index (χ1v) is 9.55. The Hall–Kier alpha value is -2.93. The van der Waals surface area contributed by atoms with Crippen LogP contribution in [0, 0.1) is 0 Å². The Kier molecular flexibility index (Phi) is 7.91. The minimum absolute atomic E-state index is 0.133. The predicted octanol–water partition coefficient (Wildman–Crippen LogP) is 5.82. The third kappa shape index (κ3) is 6.32. The molecule has 0 fully saturated rings. The van der Waals surface area contributed by atoms with Crippen molar-refractivity contribution in [3.63, 3.8) is 0 Å². The molecule has 3 N–H and O–H groups in total. The third-order valence-corrected chi connectivity index (χ3v) is 4.47. The minimum atomic E-state index is -6.61. The Morgan fingerprint density at radius 1 is 0.879 bits per heavy atom. The lowest BCUT2D eigenvalue weighted by Crippen LogP contribution is -2.57. The Bertz CT molecular complexity index is 1040. The molecule has 0 atom stereocenters. The molecule has 0 unspecified atom stereocenters. The van der Waals surface area contributed by atoms with Crippen molar-refractivity contribution in [3.05, 3.63) is 59.1 Å². The molecule has 2 aromatic rings. The molecule has 1 amide bonds. The summed E-state index contributed by atoms with van der Waals surface area (Å²) in [6.07, 6.45) is -6.61. The van der Waals surface area contributed by atoms with E-state index in [0.717, 1.165) is 12.1 Å². The monoisotopic (exact) mass is 514 g/mol. The number of hydrogen-bond donors (Lipinski definition) is 3. The van der Waals surface area contributed by atoms with Crippen molar-refractivity contribution in [2.45, 2.75) is 24.9 Å². The fraction of sp³-hybridized carbons (Fsp3) is 0.211. The number of anilines is 2. The Morgan fingerprint density at radius 2 is 1.36 bits per heavy atom. The summed E-state index contributed by atoms with van der Waals surface area (Å²) in [5, 5.41) is 8.85. The average molecular weight is 515 g/mol. The number of hydrazone groups is 1. The molecule has 0 aliphatic carbocycles. The van der Waals surface area contributed by atoms with E-state index in [0.29, 0.717) is 22.0 Å². The number of carbonyl (C=O) groups is 1. The van der Waals surface area contributed by atoms with Gasteiger partial charge in [0, 0.05) is 16.4 Å². The van der Waals surface area contributed by atoms with Crippen molar-refractivity contribution in [1.82, 2.24) is 5.43 Å². The Morgan fingerprint density at radius 3 is 1.88 bits per heavy atom. The second-order valence-corrected chi connectivity index (χ2v) is 7.29. The fourth-order valence-electron chi connectivity index (χ4n) is 2.22. The molecule has 0 aromatic heterocycles. The second-order valence-electron chi connectivity index (χ2n) is 6.45. The number of halogens is 8. The largest absolute Gasteiger partial charge is 0.460 e. The maximum atomic E-state index is 13.4. The number of nitrogens with one attached hydrogen (secondary N) is 3. The first-order valence-electron chi connectivity index (χ1n) is 8.76. The molecule has 0 spiro atoms. The molecule has 2 rings (SSSR count). The molecule has 0 bridgehead atoms. The van der Waals surface area contributed by atoms with Crippen molar-refractivity contribution in [1.29, 1.82) is 0 Å². The number of thiocarbonyl (C=S) groups is 1. The van der Waals surface area contributed by atoms with Crippen LogP contribution < -0.4 is 16.1 Å². The maximum Gasteiger partial charge on any atom is 0.460 e. The van der Waals surface area contributed by atoms with Crippen molar-refractivity contribution >= 4 is 51.9 Å². The van der Waals surface area contributed by atoms with Crippen LogP contribution in [0.2, 0.25) is 5.02 Å². The van der Waals surface area contributed by atoms with Crippen molar-refractivity contribution in [2.24, 2.45) is 5.10 Å². The summed E-state index contributed by atoms with van der Waals surface area (Å²) < 4.78 is 89.3. The lowest BCUT2D eigenvalue weighted by Gasteiger charge is -2.27. The number of amides is 1. The first-order chi connectivity index (χ1) is 15.1. The molecular formula is C19H14ClF7N4OS. The number of hydrogen-bond acceptors (Lipinski definition) is 3. The number of rotatable bonds is 6. The second kappa shape index (κ2) is 9.91. The van der Waals surface area contributed by atoms with E-state index in [2.05, 4.69) is 15.8 Å². The molecule has 33 heavy (non-hydrogen) atoms. The van der Waals surface area contributed by atoms with Crippen LogP contribution in [0.5, 0.6) is 0 Å². The van der Waals surface area contributed by atoms with Gasteiger partial charge < -0.3 is 10.6 Å². The van der Waals surface area contributed by atoms with Gasteiger partial charge in [-0.1, -0.05) is 23.7 Å². The lowest BCUT2D eigenvalue weighted by molar-refractivity contribution is -0.343. The average Bonchev–Trinajstić information content (AvgIpc) is 2.73. The summed E-state index contributed by atoms with van der Waals surface area (Å²) in [5.41, 5.74) is 3.52. The number of nitrogens with zero attached hydrogens (tertiary/aromatic N) is 1. The summed E-state index contributed by atoms with van der Waals surface area (Å²) in [4.78, 5) is 11.4. The zero-order valence-electron chi connectivity index (χ0n) is 16.4. The quantitative estimate of drug-likeness (QED) is 0.197. The van der Waals surface area contributed by atoms with Crippen LogP contribution in [0.15, 0.2) is 53.6 Å². The van der Waals surface area contributed by atoms with E-state index in [1.165, 1.54) is 17.4 Å². The highest BCUT2D eigenvalue weighted by atomic mass is 35.5. The van der Waals surface area contributed by atoms with Crippen LogP contribution in [-0.2, 0) is 4.79 Å². The van der Waals surface area contributed by atoms with Gasteiger partial charge in [0.2, 0.25) is 0 Å². The smallest absolute Gasteiger partial charge is 0.331 e. The lowest BCUT2D eigenvalue weighted by atomic mass is 10.1.